The van der Waals surface area contributed by atoms with Gasteiger partial charge in [-0.3, -0.25) is 0 Å². The molecule has 0 aromatic heterocycles. The van der Waals surface area contributed by atoms with E-state index in [0.717, 1.165) is 13.1 Å². The van der Waals surface area contributed by atoms with Crippen molar-refractivity contribution in [1.29, 1.82) is 0 Å². The molecule has 0 atom stereocenters. The van der Waals surface area contributed by atoms with Gasteiger partial charge in [0.2, 0.25) is 0 Å². The molecular formula is C15H31N3O2. The number of ether oxygens (including phenoxy) is 1. The Hall–Kier alpha value is -0.810. The average molecular weight is 285 g/mol. The van der Waals surface area contributed by atoms with E-state index in [-0.39, 0.29) is 6.09 Å². The first-order chi connectivity index (χ1) is 9.20. The predicted octanol–water partition coefficient (Wildman–Crippen LogP) is 1.83. The molecule has 0 saturated carbocycles. The minimum atomic E-state index is -0.431. The summed E-state index contributed by atoms with van der Waals surface area (Å²) in [5, 5.41) is 6.20. The fourth-order valence-electron chi connectivity index (χ4n) is 2.29. The van der Waals surface area contributed by atoms with Crippen LogP contribution in [0.15, 0.2) is 0 Å². The normalized spacial score (nSPS) is 19.6. The van der Waals surface area contributed by atoms with Crippen molar-refractivity contribution in [2.75, 3.05) is 39.8 Å². The Morgan fingerprint density at radius 1 is 1.25 bits per heavy atom. The van der Waals surface area contributed by atoms with Crippen molar-refractivity contribution in [2.45, 2.75) is 46.1 Å². The van der Waals surface area contributed by atoms with Crippen LogP contribution in [-0.4, -0.2) is 56.4 Å². The van der Waals surface area contributed by atoms with E-state index in [4.69, 9.17) is 4.74 Å². The van der Waals surface area contributed by atoms with E-state index in [0.29, 0.717) is 12.0 Å². The maximum atomic E-state index is 11.5. The zero-order chi connectivity index (χ0) is 15.2. The van der Waals surface area contributed by atoms with Gasteiger partial charge in [0.05, 0.1) is 0 Å². The summed E-state index contributed by atoms with van der Waals surface area (Å²) in [5.74, 6) is 0. The summed E-state index contributed by atoms with van der Waals surface area (Å²) >= 11 is 0. The van der Waals surface area contributed by atoms with E-state index >= 15 is 0 Å². The van der Waals surface area contributed by atoms with Crippen molar-refractivity contribution < 1.29 is 9.53 Å². The van der Waals surface area contributed by atoms with Crippen LogP contribution in [0.5, 0.6) is 0 Å². The number of likely N-dealkylation sites (tertiary alicyclic amines) is 1. The molecule has 1 aliphatic rings. The van der Waals surface area contributed by atoms with Gasteiger partial charge in [-0.15, -0.1) is 0 Å². The van der Waals surface area contributed by atoms with E-state index in [2.05, 4.69) is 29.5 Å². The first-order valence-electron chi connectivity index (χ1n) is 7.56. The van der Waals surface area contributed by atoms with Crippen molar-refractivity contribution in [3.8, 4) is 0 Å². The molecule has 1 saturated heterocycles. The molecule has 20 heavy (non-hydrogen) atoms. The Bertz CT molecular complexity index is 305. The van der Waals surface area contributed by atoms with Crippen molar-refractivity contribution >= 4 is 6.09 Å². The number of hydrogen-bond acceptors (Lipinski definition) is 4. The first-order valence-corrected chi connectivity index (χ1v) is 7.56. The summed E-state index contributed by atoms with van der Waals surface area (Å²) in [4.78, 5) is 13.8. The Kier molecular flexibility index (Phi) is 6.27. The van der Waals surface area contributed by atoms with Gasteiger partial charge in [0, 0.05) is 19.6 Å². The summed E-state index contributed by atoms with van der Waals surface area (Å²) in [6, 6.07) is 0. The summed E-state index contributed by atoms with van der Waals surface area (Å²) in [7, 11) is 2.18. The van der Waals surface area contributed by atoms with Gasteiger partial charge in [-0.2, -0.15) is 0 Å². The lowest BCUT2D eigenvalue weighted by molar-refractivity contribution is 0.0527. The minimum Gasteiger partial charge on any atom is -0.444 e. The van der Waals surface area contributed by atoms with Gasteiger partial charge in [-0.25, -0.2) is 4.79 Å². The average Bonchev–Trinajstić information content (AvgIpc) is 2.31. The highest BCUT2D eigenvalue weighted by molar-refractivity contribution is 5.67. The molecule has 1 rings (SSSR count). The first kappa shape index (κ1) is 17.2. The molecule has 118 valence electrons. The monoisotopic (exact) mass is 285 g/mol. The number of carbonyl (C=O) groups is 1. The van der Waals surface area contributed by atoms with Gasteiger partial charge in [0.1, 0.15) is 5.60 Å². The number of carbonyl (C=O) groups excluding carboxylic acids is 1. The van der Waals surface area contributed by atoms with E-state index in [1.165, 1.54) is 25.9 Å². The number of piperidine rings is 1. The van der Waals surface area contributed by atoms with Crippen LogP contribution in [-0.2, 0) is 4.74 Å². The second-order valence-corrected chi connectivity index (χ2v) is 7.22. The van der Waals surface area contributed by atoms with Crippen molar-refractivity contribution in [3.05, 3.63) is 0 Å². The van der Waals surface area contributed by atoms with Crippen LogP contribution >= 0.6 is 0 Å². The zero-order valence-corrected chi connectivity index (χ0v) is 13.7. The second kappa shape index (κ2) is 7.27. The lowest BCUT2D eigenvalue weighted by Crippen LogP contribution is -2.43. The fraction of sp³-hybridized carbons (Fsp3) is 0.933. The molecule has 0 spiro atoms. The lowest BCUT2D eigenvalue weighted by atomic mass is 9.80. The lowest BCUT2D eigenvalue weighted by Gasteiger charge is -2.38. The molecule has 5 nitrogen and oxygen atoms in total. The number of alkyl carbamates (subject to hydrolysis) is 1. The van der Waals surface area contributed by atoms with Gasteiger partial charge in [-0.05, 0) is 59.2 Å². The number of nitrogens with zero attached hydrogens (tertiary/aromatic N) is 1. The Labute approximate surface area is 123 Å². The molecule has 1 fully saturated rings. The minimum absolute atomic E-state index is 0.343. The largest absolute Gasteiger partial charge is 0.444 e. The molecule has 0 aliphatic carbocycles. The van der Waals surface area contributed by atoms with Crippen LogP contribution in [0.3, 0.4) is 0 Å². The molecule has 0 aromatic carbocycles. The van der Waals surface area contributed by atoms with E-state index in [9.17, 15) is 4.79 Å². The maximum Gasteiger partial charge on any atom is 0.407 e. The molecule has 0 radical (unpaired) electrons. The topological polar surface area (TPSA) is 53.6 Å². The van der Waals surface area contributed by atoms with Crippen LogP contribution in [0.4, 0.5) is 4.79 Å². The summed E-state index contributed by atoms with van der Waals surface area (Å²) < 4.78 is 5.18. The highest BCUT2D eigenvalue weighted by Gasteiger charge is 2.28. The summed E-state index contributed by atoms with van der Waals surface area (Å²) in [6.45, 7) is 12.7. The van der Waals surface area contributed by atoms with Crippen molar-refractivity contribution in [3.63, 3.8) is 0 Å². The quantitative estimate of drug-likeness (QED) is 0.757. The van der Waals surface area contributed by atoms with Crippen molar-refractivity contribution in [1.82, 2.24) is 15.5 Å². The van der Waals surface area contributed by atoms with Gasteiger partial charge in [-0.1, -0.05) is 6.92 Å². The van der Waals surface area contributed by atoms with Crippen molar-refractivity contribution in [2.24, 2.45) is 5.41 Å². The molecule has 1 heterocycles. The van der Waals surface area contributed by atoms with E-state index in [1.807, 2.05) is 20.8 Å². The van der Waals surface area contributed by atoms with Crippen LogP contribution in [0.25, 0.3) is 0 Å². The van der Waals surface area contributed by atoms with Gasteiger partial charge in [0.15, 0.2) is 0 Å². The molecular weight excluding hydrogens is 254 g/mol. The summed E-state index contributed by atoms with van der Waals surface area (Å²) in [6.07, 6.45) is 2.12. The van der Waals surface area contributed by atoms with E-state index in [1.54, 1.807) is 0 Å². The van der Waals surface area contributed by atoms with Crippen LogP contribution < -0.4 is 10.6 Å². The highest BCUT2D eigenvalue weighted by atomic mass is 16.6. The Morgan fingerprint density at radius 2 is 1.85 bits per heavy atom. The smallest absolute Gasteiger partial charge is 0.407 e. The van der Waals surface area contributed by atoms with Gasteiger partial charge in [0.25, 0.3) is 0 Å². The number of nitrogens with one attached hydrogen (secondary N) is 2. The van der Waals surface area contributed by atoms with Crippen LogP contribution in [0.1, 0.15) is 40.5 Å². The third kappa shape index (κ3) is 7.10. The molecule has 2 N–H and O–H groups in total. The number of amides is 1. The standard InChI is InChI=1S/C15H31N3O2/c1-14(2,3)20-13(19)17-9-8-16-12-15(4)6-10-18(5)11-7-15/h16H,6-12H2,1-5H3,(H,17,19). The highest BCUT2D eigenvalue weighted by Crippen LogP contribution is 2.29. The van der Waals surface area contributed by atoms with Crippen LogP contribution in [0.2, 0.25) is 0 Å². The molecule has 0 bridgehead atoms. The maximum absolute atomic E-state index is 11.5. The number of hydrogen-bond donors (Lipinski definition) is 2. The van der Waals surface area contributed by atoms with Crippen LogP contribution in [0, 0.1) is 5.41 Å². The SMILES string of the molecule is CN1CCC(C)(CNCCNC(=O)OC(C)(C)C)CC1. The Balaban J connectivity index is 2.09. The van der Waals surface area contributed by atoms with Gasteiger partial charge >= 0.3 is 6.09 Å². The molecule has 1 aliphatic heterocycles. The van der Waals surface area contributed by atoms with Gasteiger partial charge < -0.3 is 20.3 Å². The fourth-order valence-corrected chi connectivity index (χ4v) is 2.29. The second-order valence-electron chi connectivity index (χ2n) is 7.22. The molecule has 5 heteroatoms. The Morgan fingerprint density at radius 3 is 2.40 bits per heavy atom. The third-order valence-corrected chi connectivity index (χ3v) is 3.72. The molecule has 0 unspecified atom stereocenters. The zero-order valence-electron chi connectivity index (χ0n) is 13.7. The molecule has 1 amide bonds. The number of rotatable bonds is 5. The summed E-state index contributed by atoms with van der Waals surface area (Å²) in [5.41, 5.74) is -0.0441. The molecule has 0 aromatic rings. The third-order valence-electron chi connectivity index (χ3n) is 3.72. The predicted molar refractivity (Wildman–Crippen MR) is 81.9 cm³/mol. The van der Waals surface area contributed by atoms with E-state index < -0.39 is 5.60 Å².